The molecule has 1 saturated heterocycles. The van der Waals surface area contributed by atoms with E-state index in [-0.39, 0.29) is 5.91 Å². The first kappa shape index (κ1) is 6.59. The lowest BCUT2D eigenvalue weighted by atomic mass is 10.1. The Morgan fingerprint density at radius 1 is 1.67 bits per heavy atom. The summed E-state index contributed by atoms with van der Waals surface area (Å²) in [6.45, 7) is 3.05. The Labute approximate surface area is 55.6 Å². The van der Waals surface area contributed by atoms with E-state index in [2.05, 4.69) is 12.2 Å². The molecule has 0 saturated carbocycles. The van der Waals surface area contributed by atoms with Crippen LogP contribution in [-0.4, -0.2) is 12.5 Å². The van der Waals surface area contributed by atoms with Crippen molar-refractivity contribution < 1.29 is 4.79 Å². The molecule has 1 fully saturated rings. The van der Waals surface area contributed by atoms with Crippen molar-refractivity contribution >= 4 is 5.91 Å². The lowest BCUT2D eigenvalue weighted by molar-refractivity contribution is -0.120. The minimum absolute atomic E-state index is 0.222. The first-order valence-electron chi connectivity index (χ1n) is 3.56. The molecule has 2 heteroatoms. The summed E-state index contributed by atoms with van der Waals surface area (Å²) < 4.78 is 0. The molecule has 1 N–H and O–H groups in total. The summed E-state index contributed by atoms with van der Waals surface area (Å²) in [4.78, 5) is 10.7. The zero-order valence-corrected chi connectivity index (χ0v) is 5.81. The van der Waals surface area contributed by atoms with Crippen LogP contribution in [0.3, 0.4) is 0 Å². The fourth-order valence-electron chi connectivity index (χ4n) is 1.09. The lowest BCUT2D eigenvalue weighted by Gasteiger charge is -2.04. The Balaban J connectivity index is 2.34. The quantitative estimate of drug-likeness (QED) is 0.515. The summed E-state index contributed by atoms with van der Waals surface area (Å²) in [6.07, 6.45) is 2.98. The zero-order chi connectivity index (χ0) is 6.69. The van der Waals surface area contributed by atoms with Crippen molar-refractivity contribution in [3.8, 4) is 0 Å². The number of amides is 1. The molecule has 1 aliphatic rings. The molecule has 0 aromatic heterocycles. The highest BCUT2D eigenvalue weighted by atomic mass is 16.1. The van der Waals surface area contributed by atoms with Crippen LogP contribution < -0.4 is 5.32 Å². The van der Waals surface area contributed by atoms with Gasteiger partial charge in [-0.1, -0.05) is 6.92 Å². The Kier molecular flexibility index (Phi) is 2.09. The largest absolute Gasteiger partial charge is 0.356 e. The van der Waals surface area contributed by atoms with E-state index in [9.17, 15) is 4.79 Å². The van der Waals surface area contributed by atoms with E-state index in [4.69, 9.17) is 0 Å². The van der Waals surface area contributed by atoms with Crippen molar-refractivity contribution in [1.29, 1.82) is 0 Å². The second-order valence-electron chi connectivity index (χ2n) is 2.80. The molecule has 1 rings (SSSR count). The van der Waals surface area contributed by atoms with Gasteiger partial charge in [0.2, 0.25) is 5.91 Å². The molecule has 1 aliphatic heterocycles. The number of rotatable bonds is 0. The number of nitrogens with one attached hydrogen (secondary N) is 1. The average molecular weight is 127 g/mol. The number of carbonyl (C=O) groups excluding carboxylic acids is 1. The standard InChI is InChI=1S/C7H13NO/c1-6-3-2-4-7(9)8-5-6/h6H,2-5H2,1H3,(H,8,9). The highest BCUT2D eigenvalue weighted by Crippen LogP contribution is 2.09. The van der Waals surface area contributed by atoms with Gasteiger partial charge in [-0.15, -0.1) is 0 Å². The number of hydrogen-bond donors (Lipinski definition) is 1. The van der Waals surface area contributed by atoms with Gasteiger partial charge in [-0.3, -0.25) is 4.79 Å². The molecule has 1 heterocycles. The van der Waals surface area contributed by atoms with Crippen LogP contribution in [0, 0.1) is 5.92 Å². The molecule has 0 aromatic rings. The molecule has 0 radical (unpaired) electrons. The Morgan fingerprint density at radius 3 is 3.22 bits per heavy atom. The lowest BCUT2D eigenvalue weighted by Crippen LogP contribution is -2.24. The van der Waals surface area contributed by atoms with Gasteiger partial charge in [-0.2, -0.15) is 0 Å². The summed E-state index contributed by atoms with van der Waals surface area (Å²) in [6, 6.07) is 0. The molecule has 0 aliphatic carbocycles. The predicted molar refractivity (Wildman–Crippen MR) is 36.0 cm³/mol. The summed E-state index contributed by atoms with van der Waals surface area (Å²) >= 11 is 0. The van der Waals surface area contributed by atoms with Crippen LogP contribution in [0.4, 0.5) is 0 Å². The molecule has 52 valence electrons. The van der Waals surface area contributed by atoms with Crippen molar-refractivity contribution in [2.75, 3.05) is 6.54 Å². The summed E-state index contributed by atoms with van der Waals surface area (Å²) in [7, 11) is 0. The summed E-state index contributed by atoms with van der Waals surface area (Å²) in [5.41, 5.74) is 0. The van der Waals surface area contributed by atoms with Crippen molar-refractivity contribution in [3.05, 3.63) is 0 Å². The molecule has 2 nitrogen and oxygen atoms in total. The summed E-state index contributed by atoms with van der Waals surface area (Å²) in [5.74, 6) is 0.899. The maximum absolute atomic E-state index is 10.7. The highest BCUT2D eigenvalue weighted by molar-refractivity contribution is 5.76. The topological polar surface area (TPSA) is 29.1 Å². The maximum Gasteiger partial charge on any atom is 0.220 e. The smallest absolute Gasteiger partial charge is 0.220 e. The second-order valence-corrected chi connectivity index (χ2v) is 2.80. The van der Waals surface area contributed by atoms with E-state index in [0.29, 0.717) is 5.92 Å². The van der Waals surface area contributed by atoms with E-state index in [1.165, 1.54) is 6.42 Å². The fraction of sp³-hybridized carbons (Fsp3) is 0.857. The Morgan fingerprint density at radius 2 is 2.44 bits per heavy atom. The van der Waals surface area contributed by atoms with Crippen molar-refractivity contribution in [1.82, 2.24) is 5.32 Å². The van der Waals surface area contributed by atoms with Gasteiger partial charge in [-0.05, 0) is 18.8 Å². The van der Waals surface area contributed by atoms with Crippen molar-refractivity contribution in [2.45, 2.75) is 26.2 Å². The van der Waals surface area contributed by atoms with Crippen LogP contribution in [-0.2, 0) is 4.79 Å². The molecule has 0 bridgehead atoms. The van der Waals surface area contributed by atoms with Crippen LogP contribution in [0.1, 0.15) is 26.2 Å². The minimum atomic E-state index is 0.222. The van der Waals surface area contributed by atoms with Crippen molar-refractivity contribution in [3.63, 3.8) is 0 Å². The van der Waals surface area contributed by atoms with Crippen LogP contribution in [0.5, 0.6) is 0 Å². The molecule has 0 spiro atoms. The Bertz CT molecular complexity index is 111. The first-order valence-corrected chi connectivity index (χ1v) is 3.56. The zero-order valence-electron chi connectivity index (χ0n) is 5.81. The van der Waals surface area contributed by atoms with Gasteiger partial charge < -0.3 is 5.32 Å². The van der Waals surface area contributed by atoms with Crippen molar-refractivity contribution in [2.24, 2.45) is 5.92 Å². The fourth-order valence-corrected chi connectivity index (χ4v) is 1.09. The van der Waals surface area contributed by atoms with E-state index in [1.807, 2.05) is 0 Å². The van der Waals surface area contributed by atoms with Crippen LogP contribution in [0.15, 0.2) is 0 Å². The third-order valence-electron chi connectivity index (χ3n) is 1.75. The third-order valence-corrected chi connectivity index (χ3v) is 1.75. The first-order chi connectivity index (χ1) is 4.29. The normalized spacial score (nSPS) is 29.0. The molecular formula is C7H13NO. The van der Waals surface area contributed by atoms with Crippen LogP contribution >= 0.6 is 0 Å². The van der Waals surface area contributed by atoms with Gasteiger partial charge in [-0.25, -0.2) is 0 Å². The van der Waals surface area contributed by atoms with E-state index < -0.39 is 0 Å². The van der Waals surface area contributed by atoms with Gasteiger partial charge in [0, 0.05) is 13.0 Å². The van der Waals surface area contributed by atoms with Gasteiger partial charge in [0.15, 0.2) is 0 Å². The highest BCUT2D eigenvalue weighted by Gasteiger charge is 2.10. The molecular weight excluding hydrogens is 114 g/mol. The molecule has 0 aromatic carbocycles. The van der Waals surface area contributed by atoms with Crippen LogP contribution in [0.2, 0.25) is 0 Å². The average Bonchev–Trinajstić information content (AvgIpc) is 1.97. The second kappa shape index (κ2) is 2.85. The summed E-state index contributed by atoms with van der Waals surface area (Å²) in [5, 5.41) is 2.86. The third kappa shape index (κ3) is 2.04. The van der Waals surface area contributed by atoms with E-state index in [1.54, 1.807) is 0 Å². The monoisotopic (exact) mass is 127 g/mol. The Hall–Kier alpha value is -0.530. The minimum Gasteiger partial charge on any atom is -0.356 e. The van der Waals surface area contributed by atoms with Gasteiger partial charge in [0.1, 0.15) is 0 Å². The number of hydrogen-bond acceptors (Lipinski definition) is 1. The SMILES string of the molecule is CC1CCCC(=O)NC1. The molecule has 1 atom stereocenters. The number of carbonyl (C=O) groups is 1. The molecule has 9 heavy (non-hydrogen) atoms. The van der Waals surface area contributed by atoms with E-state index >= 15 is 0 Å². The van der Waals surface area contributed by atoms with Crippen LogP contribution in [0.25, 0.3) is 0 Å². The van der Waals surface area contributed by atoms with Gasteiger partial charge in [0.25, 0.3) is 0 Å². The molecule has 1 amide bonds. The predicted octanol–water partition coefficient (Wildman–Crippen LogP) is 0.923. The van der Waals surface area contributed by atoms with Gasteiger partial charge in [0.05, 0.1) is 0 Å². The van der Waals surface area contributed by atoms with Gasteiger partial charge >= 0.3 is 0 Å². The maximum atomic E-state index is 10.7. The molecule has 1 unspecified atom stereocenters. The van der Waals surface area contributed by atoms with E-state index in [0.717, 1.165) is 19.4 Å².